The first kappa shape index (κ1) is 13.0. The molecule has 3 aromatic rings. The second kappa shape index (κ2) is 5.60. The van der Waals surface area contributed by atoms with Crippen LogP contribution in [0.5, 0.6) is 5.75 Å². The molecule has 22 heavy (non-hydrogen) atoms. The van der Waals surface area contributed by atoms with Gasteiger partial charge in [-0.2, -0.15) is 10.2 Å². The van der Waals surface area contributed by atoms with E-state index in [9.17, 15) is 0 Å². The lowest BCUT2D eigenvalue weighted by atomic mass is 9.87. The quantitative estimate of drug-likeness (QED) is 0.802. The largest absolute Gasteiger partial charge is 0.493 e. The van der Waals surface area contributed by atoms with E-state index in [4.69, 9.17) is 4.74 Å². The Balaban J connectivity index is 1.77. The van der Waals surface area contributed by atoms with Crippen molar-refractivity contribution in [3.05, 3.63) is 71.6 Å². The van der Waals surface area contributed by atoms with Gasteiger partial charge in [0.1, 0.15) is 5.75 Å². The van der Waals surface area contributed by atoms with E-state index in [0.29, 0.717) is 0 Å². The molecule has 0 bridgehead atoms. The van der Waals surface area contributed by atoms with Crippen molar-refractivity contribution >= 4 is 0 Å². The molecule has 5 nitrogen and oxygen atoms in total. The van der Waals surface area contributed by atoms with Crippen LogP contribution in [0.15, 0.2) is 49.1 Å². The number of benzene rings is 1. The van der Waals surface area contributed by atoms with Gasteiger partial charge in [-0.05, 0) is 23.8 Å². The van der Waals surface area contributed by atoms with Crippen LogP contribution in [0.25, 0.3) is 0 Å². The van der Waals surface area contributed by atoms with Gasteiger partial charge in [-0.3, -0.25) is 0 Å². The Bertz CT molecular complexity index is 756. The van der Waals surface area contributed by atoms with Crippen molar-refractivity contribution in [3.63, 3.8) is 0 Å². The predicted molar refractivity (Wildman–Crippen MR) is 81.8 cm³/mol. The van der Waals surface area contributed by atoms with Crippen molar-refractivity contribution in [1.82, 2.24) is 20.2 Å². The molecule has 3 heterocycles. The van der Waals surface area contributed by atoms with E-state index in [1.54, 1.807) is 12.5 Å². The molecular weight excluding hydrogens is 276 g/mol. The van der Waals surface area contributed by atoms with Crippen LogP contribution in [0.1, 0.15) is 28.4 Å². The SMILES string of the molecule is c1cnnc(C[C@@H](c2cnc[nH]2)c2cccc3c2CCO3)c1. The Morgan fingerprint density at radius 2 is 2.23 bits per heavy atom. The molecule has 1 aliphatic heterocycles. The summed E-state index contributed by atoms with van der Waals surface area (Å²) in [5.74, 6) is 1.18. The molecule has 4 rings (SSSR count). The van der Waals surface area contributed by atoms with Gasteiger partial charge in [-0.1, -0.05) is 12.1 Å². The molecule has 0 spiro atoms. The summed E-state index contributed by atoms with van der Waals surface area (Å²) in [6.45, 7) is 0.757. The van der Waals surface area contributed by atoms with Crippen LogP contribution >= 0.6 is 0 Å². The van der Waals surface area contributed by atoms with Crippen LogP contribution in [-0.4, -0.2) is 26.8 Å². The number of fused-ring (bicyclic) bond motifs is 1. The summed E-state index contributed by atoms with van der Waals surface area (Å²) in [4.78, 5) is 7.43. The molecule has 1 N–H and O–H groups in total. The van der Waals surface area contributed by atoms with Crippen molar-refractivity contribution < 1.29 is 4.74 Å². The average Bonchev–Trinajstić information content (AvgIpc) is 3.24. The molecule has 0 fully saturated rings. The number of ether oxygens (including phenoxy) is 1. The van der Waals surface area contributed by atoms with Crippen molar-refractivity contribution in [2.45, 2.75) is 18.8 Å². The fourth-order valence-corrected chi connectivity index (χ4v) is 3.07. The lowest BCUT2D eigenvalue weighted by Crippen LogP contribution is -2.09. The first-order chi connectivity index (χ1) is 10.9. The molecule has 1 aliphatic rings. The number of aromatic amines is 1. The highest BCUT2D eigenvalue weighted by atomic mass is 16.5. The lowest BCUT2D eigenvalue weighted by molar-refractivity contribution is 0.357. The summed E-state index contributed by atoms with van der Waals surface area (Å²) in [5.41, 5.74) is 4.64. The molecule has 110 valence electrons. The van der Waals surface area contributed by atoms with Gasteiger partial charge < -0.3 is 9.72 Å². The third-order valence-electron chi connectivity index (χ3n) is 4.09. The van der Waals surface area contributed by atoms with Crippen molar-refractivity contribution in [2.24, 2.45) is 0 Å². The molecule has 1 aromatic carbocycles. The third kappa shape index (κ3) is 2.35. The Morgan fingerprint density at radius 1 is 1.23 bits per heavy atom. The smallest absolute Gasteiger partial charge is 0.122 e. The Kier molecular flexibility index (Phi) is 3.31. The standard InChI is InChI=1S/C17H16N4O/c1-4-13(14-6-8-22-17(14)5-1)15(16-10-18-11-19-16)9-12-3-2-7-20-21-12/h1-5,7,10-11,15H,6,8-9H2,(H,18,19)/t15-/m1/s1. The average molecular weight is 292 g/mol. The molecule has 0 amide bonds. The van der Waals surface area contributed by atoms with Crippen LogP contribution in [0.2, 0.25) is 0 Å². The summed E-state index contributed by atoms with van der Waals surface area (Å²) >= 11 is 0. The molecule has 0 aliphatic carbocycles. The van der Waals surface area contributed by atoms with Gasteiger partial charge in [0.25, 0.3) is 0 Å². The van der Waals surface area contributed by atoms with Gasteiger partial charge in [0.2, 0.25) is 0 Å². The number of nitrogens with one attached hydrogen (secondary N) is 1. The fraction of sp³-hybridized carbons (Fsp3) is 0.235. The number of hydrogen-bond acceptors (Lipinski definition) is 4. The normalized spacial score (nSPS) is 14.4. The topological polar surface area (TPSA) is 63.7 Å². The fourth-order valence-electron chi connectivity index (χ4n) is 3.07. The molecule has 0 unspecified atom stereocenters. The van der Waals surface area contributed by atoms with E-state index >= 15 is 0 Å². The van der Waals surface area contributed by atoms with E-state index in [-0.39, 0.29) is 5.92 Å². The monoisotopic (exact) mass is 292 g/mol. The first-order valence-electron chi connectivity index (χ1n) is 7.41. The molecular formula is C17H16N4O. The maximum Gasteiger partial charge on any atom is 0.122 e. The van der Waals surface area contributed by atoms with E-state index < -0.39 is 0 Å². The highest BCUT2D eigenvalue weighted by Gasteiger charge is 2.24. The molecule has 0 radical (unpaired) electrons. The first-order valence-corrected chi connectivity index (χ1v) is 7.41. The zero-order chi connectivity index (χ0) is 14.8. The maximum atomic E-state index is 5.70. The van der Waals surface area contributed by atoms with Crippen LogP contribution < -0.4 is 4.74 Å². The van der Waals surface area contributed by atoms with Crippen molar-refractivity contribution in [2.75, 3.05) is 6.61 Å². The summed E-state index contributed by atoms with van der Waals surface area (Å²) < 4.78 is 5.70. The lowest BCUT2D eigenvalue weighted by Gasteiger charge is -2.18. The van der Waals surface area contributed by atoms with Crippen LogP contribution in [-0.2, 0) is 12.8 Å². The van der Waals surface area contributed by atoms with Gasteiger partial charge in [-0.15, -0.1) is 0 Å². The third-order valence-corrected chi connectivity index (χ3v) is 4.09. The minimum Gasteiger partial charge on any atom is -0.493 e. The number of aromatic nitrogens is 4. The Morgan fingerprint density at radius 3 is 3.05 bits per heavy atom. The van der Waals surface area contributed by atoms with Gasteiger partial charge in [0, 0.05) is 42.4 Å². The molecule has 0 saturated carbocycles. The Labute approximate surface area is 128 Å². The summed E-state index contributed by atoms with van der Waals surface area (Å²) in [5, 5.41) is 8.22. The number of hydrogen-bond donors (Lipinski definition) is 1. The summed E-state index contributed by atoms with van der Waals surface area (Å²) in [7, 11) is 0. The molecule has 0 saturated heterocycles. The maximum absolute atomic E-state index is 5.70. The van der Waals surface area contributed by atoms with Crippen LogP contribution in [0, 0.1) is 0 Å². The highest BCUT2D eigenvalue weighted by Crippen LogP contribution is 2.36. The summed E-state index contributed by atoms with van der Waals surface area (Å²) in [6.07, 6.45) is 7.04. The highest BCUT2D eigenvalue weighted by molar-refractivity contribution is 5.47. The molecule has 2 aromatic heterocycles. The van der Waals surface area contributed by atoms with E-state index in [2.05, 4.69) is 32.3 Å². The van der Waals surface area contributed by atoms with E-state index in [0.717, 1.165) is 36.6 Å². The van der Waals surface area contributed by atoms with Crippen LogP contribution in [0.3, 0.4) is 0 Å². The van der Waals surface area contributed by atoms with Gasteiger partial charge in [0.05, 0.1) is 18.6 Å². The number of nitrogens with zero attached hydrogens (tertiary/aromatic N) is 3. The molecule has 1 atom stereocenters. The Hall–Kier alpha value is -2.69. The number of imidazole rings is 1. The number of H-pyrrole nitrogens is 1. The van der Waals surface area contributed by atoms with Gasteiger partial charge >= 0.3 is 0 Å². The van der Waals surface area contributed by atoms with Crippen molar-refractivity contribution in [1.29, 1.82) is 0 Å². The van der Waals surface area contributed by atoms with E-state index in [1.165, 1.54) is 11.1 Å². The van der Waals surface area contributed by atoms with Gasteiger partial charge in [-0.25, -0.2) is 4.98 Å². The second-order valence-corrected chi connectivity index (χ2v) is 5.40. The summed E-state index contributed by atoms with van der Waals surface area (Å²) in [6, 6.07) is 10.2. The minimum atomic E-state index is 0.177. The second-order valence-electron chi connectivity index (χ2n) is 5.40. The zero-order valence-corrected chi connectivity index (χ0v) is 12.1. The minimum absolute atomic E-state index is 0.177. The van der Waals surface area contributed by atoms with Crippen LogP contribution in [0.4, 0.5) is 0 Å². The van der Waals surface area contributed by atoms with Crippen molar-refractivity contribution in [3.8, 4) is 5.75 Å². The molecule has 5 heteroatoms. The zero-order valence-electron chi connectivity index (χ0n) is 12.1. The number of rotatable bonds is 4. The predicted octanol–water partition coefficient (Wildman–Crippen LogP) is 2.51. The van der Waals surface area contributed by atoms with Gasteiger partial charge in [0.15, 0.2) is 0 Å². The van der Waals surface area contributed by atoms with E-state index in [1.807, 2.05) is 24.4 Å².